The van der Waals surface area contributed by atoms with Crippen molar-refractivity contribution in [3.05, 3.63) is 34.3 Å². The summed E-state index contributed by atoms with van der Waals surface area (Å²) in [6, 6.07) is 9.20. The van der Waals surface area contributed by atoms with Gasteiger partial charge in [-0.1, -0.05) is 53.4 Å². The highest BCUT2D eigenvalue weighted by Gasteiger charge is 2.24. The third kappa shape index (κ3) is 4.80. The molecular formula is C18H26BrNO. The molecule has 0 bridgehead atoms. The Labute approximate surface area is 136 Å². The van der Waals surface area contributed by atoms with Crippen LogP contribution in [-0.2, 0) is 4.74 Å². The van der Waals surface area contributed by atoms with Crippen LogP contribution >= 0.6 is 15.9 Å². The summed E-state index contributed by atoms with van der Waals surface area (Å²) in [6.07, 6.45) is 9.69. The SMILES string of the molecule is Brc1ccccc1C(CNC1CC1)OCC1CCCCC1. The van der Waals surface area contributed by atoms with Gasteiger partial charge >= 0.3 is 0 Å². The molecule has 0 aliphatic heterocycles. The van der Waals surface area contributed by atoms with E-state index in [1.165, 1.54) is 50.5 Å². The molecule has 2 aliphatic carbocycles. The van der Waals surface area contributed by atoms with Gasteiger partial charge in [-0.15, -0.1) is 0 Å². The van der Waals surface area contributed by atoms with Crippen molar-refractivity contribution in [3.8, 4) is 0 Å². The zero-order chi connectivity index (χ0) is 14.5. The molecule has 2 saturated carbocycles. The van der Waals surface area contributed by atoms with Gasteiger partial charge in [0.05, 0.1) is 12.7 Å². The molecule has 0 aromatic heterocycles. The van der Waals surface area contributed by atoms with Gasteiger partial charge in [0.25, 0.3) is 0 Å². The summed E-state index contributed by atoms with van der Waals surface area (Å²) in [6.45, 7) is 1.85. The van der Waals surface area contributed by atoms with Gasteiger partial charge in [0.15, 0.2) is 0 Å². The number of halogens is 1. The van der Waals surface area contributed by atoms with Crippen LogP contribution < -0.4 is 5.32 Å². The van der Waals surface area contributed by atoms with E-state index in [0.717, 1.165) is 29.6 Å². The number of ether oxygens (including phenoxy) is 1. The zero-order valence-electron chi connectivity index (χ0n) is 12.7. The molecule has 0 radical (unpaired) electrons. The van der Waals surface area contributed by atoms with Crippen LogP contribution in [0.15, 0.2) is 28.7 Å². The van der Waals surface area contributed by atoms with Crippen LogP contribution in [0.1, 0.15) is 56.6 Å². The first-order chi connectivity index (χ1) is 10.3. The monoisotopic (exact) mass is 351 g/mol. The fraction of sp³-hybridized carbons (Fsp3) is 0.667. The van der Waals surface area contributed by atoms with Crippen LogP contribution in [0.5, 0.6) is 0 Å². The van der Waals surface area contributed by atoms with E-state index < -0.39 is 0 Å². The van der Waals surface area contributed by atoms with E-state index in [-0.39, 0.29) is 6.10 Å². The molecule has 116 valence electrons. The van der Waals surface area contributed by atoms with E-state index >= 15 is 0 Å². The summed E-state index contributed by atoms with van der Waals surface area (Å²) in [4.78, 5) is 0. The van der Waals surface area contributed by atoms with Gasteiger partial charge in [0.2, 0.25) is 0 Å². The quantitative estimate of drug-likeness (QED) is 0.758. The summed E-state index contributed by atoms with van der Waals surface area (Å²) in [5, 5.41) is 3.62. The summed E-state index contributed by atoms with van der Waals surface area (Å²) in [7, 11) is 0. The number of rotatable bonds is 7. The maximum atomic E-state index is 6.33. The van der Waals surface area contributed by atoms with Gasteiger partial charge in [0, 0.05) is 17.1 Å². The van der Waals surface area contributed by atoms with Crippen molar-refractivity contribution in [3.63, 3.8) is 0 Å². The number of benzene rings is 1. The van der Waals surface area contributed by atoms with Gasteiger partial charge in [-0.2, -0.15) is 0 Å². The molecule has 1 atom stereocenters. The first-order valence-corrected chi connectivity index (χ1v) is 9.21. The molecule has 0 saturated heterocycles. The van der Waals surface area contributed by atoms with Gasteiger partial charge < -0.3 is 10.1 Å². The lowest BCUT2D eigenvalue weighted by molar-refractivity contribution is 0.0194. The van der Waals surface area contributed by atoms with E-state index in [1.54, 1.807) is 0 Å². The van der Waals surface area contributed by atoms with Gasteiger partial charge in [-0.25, -0.2) is 0 Å². The molecule has 2 nitrogen and oxygen atoms in total. The van der Waals surface area contributed by atoms with Gasteiger partial charge in [-0.05, 0) is 43.2 Å². The van der Waals surface area contributed by atoms with Crippen molar-refractivity contribution in [2.24, 2.45) is 5.92 Å². The lowest BCUT2D eigenvalue weighted by Crippen LogP contribution is -2.27. The second-order valence-electron chi connectivity index (χ2n) is 6.53. The Morgan fingerprint density at radius 2 is 1.86 bits per heavy atom. The summed E-state index contributed by atoms with van der Waals surface area (Å²) >= 11 is 3.68. The Balaban J connectivity index is 1.59. The molecular weight excluding hydrogens is 326 g/mol. The molecule has 2 aliphatic rings. The second-order valence-corrected chi connectivity index (χ2v) is 7.38. The molecule has 3 heteroatoms. The fourth-order valence-electron chi connectivity index (χ4n) is 3.16. The average molecular weight is 352 g/mol. The fourth-order valence-corrected chi connectivity index (χ4v) is 3.70. The highest BCUT2D eigenvalue weighted by Crippen LogP contribution is 2.30. The highest BCUT2D eigenvalue weighted by molar-refractivity contribution is 9.10. The first-order valence-electron chi connectivity index (χ1n) is 8.42. The normalized spacial score (nSPS) is 21.4. The number of hydrogen-bond donors (Lipinski definition) is 1. The van der Waals surface area contributed by atoms with E-state index in [1.807, 2.05) is 0 Å². The van der Waals surface area contributed by atoms with Crippen molar-refractivity contribution in [1.82, 2.24) is 5.32 Å². The second kappa shape index (κ2) is 7.75. The third-order valence-corrected chi connectivity index (χ3v) is 5.40. The van der Waals surface area contributed by atoms with Crippen molar-refractivity contribution in [1.29, 1.82) is 0 Å². The largest absolute Gasteiger partial charge is 0.372 e. The van der Waals surface area contributed by atoms with Crippen molar-refractivity contribution < 1.29 is 4.74 Å². The topological polar surface area (TPSA) is 21.3 Å². The van der Waals surface area contributed by atoms with Crippen LogP contribution in [0.2, 0.25) is 0 Å². The summed E-state index contributed by atoms with van der Waals surface area (Å²) < 4.78 is 7.50. The minimum absolute atomic E-state index is 0.170. The van der Waals surface area contributed by atoms with Crippen molar-refractivity contribution in [2.45, 2.75) is 57.1 Å². The molecule has 1 aromatic carbocycles. The predicted molar refractivity (Wildman–Crippen MR) is 90.4 cm³/mol. The minimum Gasteiger partial charge on any atom is -0.372 e. The standard InChI is InChI=1S/C18H26BrNO/c19-17-9-5-4-8-16(17)18(12-20-15-10-11-15)21-13-14-6-2-1-3-7-14/h4-5,8-9,14-15,18,20H,1-3,6-7,10-13H2. The molecule has 1 aromatic rings. The smallest absolute Gasteiger partial charge is 0.0960 e. The molecule has 3 rings (SSSR count). The van der Waals surface area contributed by atoms with E-state index in [2.05, 4.69) is 45.5 Å². The summed E-state index contributed by atoms with van der Waals surface area (Å²) in [5.41, 5.74) is 1.28. The Hall–Kier alpha value is -0.380. The number of hydrogen-bond acceptors (Lipinski definition) is 2. The Morgan fingerprint density at radius 1 is 1.10 bits per heavy atom. The molecule has 1 N–H and O–H groups in total. The van der Waals surface area contributed by atoms with E-state index in [0.29, 0.717) is 0 Å². The first kappa shape index (κ1) is 15.5. The summed E-state index contributed by atoms with van der Waals surface area (Å²) in [5.74, 6) is 0.768. The maximum Gasteiger partial charge on any atom is 0.0960 e. The van der Waals surface area contributed by atoms with Crippen LogP contribution in [-0.4, -0.2) is 19.2 Å². The van der Waals surface area contributed by atoms with Crippen LogP contribution in [0.3, 0.4) is 0 Å². The average Bonchev–Trinajstić information content (AvgIpc) is 3.34. The van der Waals surface area contributed by atoms with Crippen LogP contribution in [0, 0.1) is 5.92 Å². The Morgan fingerprint density at radius 3 is 2.57 bits per heavy atom. The van der Waals surface area contributed by atoms with Gasteiger partial charge in [-0.3, -0.25) is 0 Å². The molecule has 0 heterocycles. The molecule has 0 amide bonds. The zero-order valence-corrected chi connectivity index (χ0v) is 14.3. The molecule has 21 heavy (non-hydrogen) atoms. The predicted octanol–water partition coefficient (Wildman–Crippen LogP) is 4.84. The highest BCUT2D eigenvalue weighted by atomic mass is 79.9. The van der Waals surface area contributed by atoms with Crippen LogP contribution in [0.25, 0.3) is 0 Å². The minimum atomic E-state index is 0.170. The van der Waals surface area contributed by atoms with Crippen LogP contribution in [0.4, 0.5) is 0 Å². The van der Waals surface area contributed by atoms with E-state index in [4.69, 9.17) is 4.74 Å². The van der Waals surface area contributed by atoms with E-state index in [9.17, 15) is 0 Å². The number of nitrogens with one attached hydrogen (secondary N) is 1. The molecule has 0 spiro atoms. The molecule has 2 fully saturated rings. The van der Waals surface area contributed by atoms with Gasteiger partial charge in [0.1, 0.15) is 0 Å². The maximum absolute atomic E-state index is 6.33. The Kier molecular flexibility index (Phi) is 5.73. The lowest BCUT2D eigenvalue weighted by atomic mass is 9.90. The van der Waals surface area contributed by atoms with Crippen molar-refractivity contribution >= 4 is 15.9 Å². The lowest BCUT2D eigenvalue weighted by Gasteiger charge is -2.26. The van der Waals surface area contributed by atoms with Crippen molar-refractivity contribution in [2.75, 3.05) is 13.2 Å². The molecule has 1 unspecified atom stereocenters. The third-order valence-electron chi connectivity index (χ3n) is 4.68. The Bertz CT molecular complexity index is 441.